The van der Waals surface area contributed by atoms with Crippen molar-refractivity contribution in [3.05, 3.63) is 28.7 Å². The fourth-order valence-electron chi connectivity index (χ4n) is 1.17. The van der Waals surface area contributed by atoms with E-state index in [1.807, 2.05) is 17.8 Å². The van der Waals surface area contributed by atoms with Crippen LogP contribution in [0.25, 0.3) is 0 Å². The molecular formula is C12H18BrNS. The Morgan fingerprint density at radius 1 is 1.40 bits per heavy atom. The van der Waals surface area contributed by atoms with Crippen LogP contribution in [0.3, 0.4) is 0 Å². The fraction of sp³-hybridized carbons (Fsp3) is 0.500. The first-order valence-corrected chi connectivity index (χ1v) is 7.12. The van der Waals surface area contributed by atoms with Gasteiger partial charge in [0, 0.05) is 27.7 Å². The molecule has 15 heavy (non-hydrogen) atoms. The van der Waals surface area contributed by atoms with Gasteiger partial charge in [0.15, 0.2) is 0 Å². The Balaban J connectivity index is 2.23. The summed E-state index contributed by atoms with van der Waals surface area (Å²) in [5, 5.41) is 3.49. The van der Waals surface area contributed by atoms with Crippen molar-refractivity contribution >= 4 is 27.7 Å². The van der Waals surface area contributed by atoms with Gasteiger partial charge in [0.05, 0.1) is 0 Å². The molecule has 0 radical (unpaired) electrons. The van der Waals surface area contributed by atoms with E-state index in [4.69, 9.17) is 0 Å². The quantitative estimate of drug-likeness (QED) is 0.629. The third kappa shape index (κ3) is 5.05. The first-order valence-electron chi connectivity index (χ1n) is 5.34. The largest absolute Gasteiger partial charge is 0.313 e. The van der Waals surface area contributed by atoms with E-state index >= 15 is 0 Å². The van der Waals surface area contributed by atoms with E-state index in [1.165, 1.54) is 15.8 Å². The monoisotopic (exact) mass is 287 g/mol. The normalized spacial score (nSPS) is 12.7. The van der Waals surface area contributed by atoms with Gasteiger partial charge in [0.2, 0.25) is 0 Å². The van der Waals surface area contributed by atoms with Crippen molar-refractivity contribution < 1.29 is 0 Å². The van der Waals surface area contributed by atoms with Gasteiger partial charge in [0.1, 0.15) is 0 Å². The van der Waals surface area contributed by atoms with Crippen LogP contribution in [-0.2, 0) is 0 Å². The molecule has 1 N–H and O–H groups in total. The van der Waals surface area contributed by atoms with E-state index in [0.29, 0.717) is 6.04 Å². The minimum atomic E-state index is 0.629. The molecule has 1 rings (SSSR count). The van der Waals surface area contributed by atoms with Crippen LogP contribution in [0.2, 0.25) is 0 Å². The van der Waals surface area contributed by atoms with Crippen LogP contribution in [0, 0.1) is 0 Å². The third-order valence-corrected chi connectivity index (χ3v) is 4.33. The highest BCUT2D eigenvalue weighted by Gasteiger charge is 2.00. The van der Waals surface area contributed by atoms with Crippen molar-refractivity contribution in [1.29, 1.82) is 0 Å². The summed E-state index contributed by atoms with van der Waals surface area (Å²) in [6.07, 6.45) is 1.19. The Morgan fingerprint density at radius 2 is 2.13 bits per heavy atom. The molecule has 1 nitrogen and oxygen atoms in total. The van der Waals surface area contributed by atoms with Crippen molar-refractivity contribution in [1.82, 2.24) is 5.32 Å². The lowest BCUT2D eigenvalue weighted by molar-refractivity contribution is 0.555. The lowest BCUT2D eigenvalue weighted by Crippen LogP contribution is -2.27. The summed E-state index contributed by atoms with van der Waals surface area (Å²) in [6, 6.07) is 8.99. The second-order valence-corrected chi connectivity index (χ2v) is 5.53. The summed E-state index contributed by atoms with van der Waals surface area (Å²) >= 11 is 5.44. The molecule has 0 aliphatic heterocycles. The van der Waals surface area contributed by atoms with E-state index in [0.717, 1.165) is 12.3 Å². The molecule has 0 saturated heterocycles. The standard InChI is InChI=1S/C12H18BrNS/c1-3-10(2)14-8-9-15-12-7-5-4-6-11(12)13/h4-7,10,14H,3,8-9H2,1-2H3. The Labute approximate surface area is 105 Å². The molecule has 3 heteroatoms. The number of rotatable bonds is 6. The van der Waals surface area contributed by atoms with Gasteiger partial charge < -0.3 is 5.32 Å². The predicted octanol–water partition coefficient (Wildman–Crippen LogP) is 3.93. The first-order chi connectivity index (χ1) is 7.24. The highest BCUT2D eigenvalue weighted by molar-refractivity contribution is 9.10. The summed E-state index contributed by atoms with van der Waals surface area (Å²) in [5.74, 6) is 1.12. The zero-order valence-corrected chi connectivity index (χ0v) is 11.7. The highest BCUT2D eigenvalue weighted by atomic mass is 79.9. The van der Waals surface area contributed by atoms with Crippen molar-refractivity contribution in [2.45, 2.75) is 31.2 Å². The van der Waals surface area contributed by atoms with Crippen LogP contribution in [0.5, 0.6) is 0 Å². The lowest BCUT2D eigenvalue weighted by atomic mass is 10.3. The molecule has 0 fully saturated rings. The minimum Gasteiger partial charge on any atom is -0.313 e. The van der Waals surface area contributed by atoms with Gasteiger partial charge in [-0.05, 0) is 41.4 Å². The first kappa shape index (κ1) is 13.1. The van der Waals surface area contributed by atoms with Gasteiger partial charge >= 0.3 is 0 Å². The maximum atomic E-state index is 3.55. The van der Waals surface area contributed by atoms with Gasteiger partial charge in [-0.3, -0.25) is 0 Å². The number of thioether (sulfide) groups is 1. The lowest BCUT2D eigenvalue weighted by Gasteiger charge is -2.10. The maximum Gasteiger partial charge on any atom is 0.0311 e. The molecule has 0 spiro atoms. The van der Waals surface area contributed by atoms with Crippen LogP contribution < -0.4 is 5.32 Å². The van der Waals surface area contributed by atoms with Gasteiger partial charge in [-0.2, -0.15) is 0 Å². The fourth-order valence-corrected chi connectivity index (χ4v) is 2.62. The molecule has 0 saturated carbocycles. The summed E-state index contributed by atoms with van der Waals surface area (Å²) in [5.41, 5.74) is 0. The molecule has 0 heterocycles. The van der Waals surface area contributed by atoms with Crippen molar-refractivity contribution in [2.75, 3.05) is 12.3 Å². The van der Waals surface area contributed by atoms with Gasteiger partial charge in [0.25, 0.3) is 0 Å². The molecule has 0 amide bonds. The number of nitrogens with one attached hydrogen (secondary N) is 1. The van der Waals surface area contributed by atoms with E-state index in [1.54, 1.807) is 0 Å². The average molecular weight is 288 g/mol. The van der Waals surface area contributed by atoms with E-state index < -0.39 is 0 Å². The van der Waals surface area contributed by atoms with Gasteiger partial charge in [-0.15, -0.1) is 11.8 Å². The van der Waals surface area contributed by atoms with E-state index in [-0.39, 0.29) is 0 Å². The Kier molecular flexibility index (Phi) is 6.37. The topological polar surface area (TPSA) is 12.0 Å². The summed E-state index contributed by atoms with van der Waals surface area (Å²) in [6.45, 7) is 5.50. The Hall–Kier alpha value is 0.01000. The molecule has 0 aliphatic rings. The van der Waals surface area contributed by atoms with Crippen LogP contribution in [0.1, 0.15) is 20.3 Å². The molecule has 0 aromatic heterocycles. The molecule has 0 aliphatic carbocycles. The molecule has 1 unspecified atom stereocenters. The van der Waals surface area contributed by atoms with Crippen molar-refractivity contribution in [3.63, 3.8) is 0 Å². The van der Waals surface area contributed by atoms with Crippen LogP contribution >= 0.6 is 27.7 Å². The average Bonchev–Trinajstić information content (AvgIpc) is 2.26. The number of benzene rings is 1. The predicted molar refractivity (Wildman–Crippen MR) is 72.6 cm³/mol. The van der Waals surface area contributed by atoms with Crippen LogP contribution in [0.4, 0.5) is 0 Å². The van der Waals surface area contributed by atoms with Crippen molar-refractivity contribution in [2.24, 2.45) is 0 Å². The zero-order valence-electron chi connectivity index (χ0n) is 9.29. The SMILES string of the molecule is CCC(C)NCCSc1ccccc1Br. The van der Waals surface area contributed by atoms with Crippen LogP contribution in [0.15, 0.2) is 33.6 Å². The molecule has 0 bridgehead atoms. The summed E-state index contributed by atoms with van der Waals surface area (Å²) in [4.78, 5) is 1.32. The molecular weight excluding hydrogens is 270 g/mol. The summed E-state index contributed by atoms with van der Waals surface area (Å²) < 4.78 is 1.19. The van der Waals surface area contributed by atoms with Gasteiger partial charge in [-0.1, -0.05) is 19.1 Å². The number of halogens is 1. The van der Waals surface area contributed by atoms with Crippen molar-refractivity contribution in [3.8, 4) is 0 Å². The van der Waals surface area contributed by atoms with Crippen LogP contribution in [-0.4, -0.2) is 18.3 Å². The second-order valence-electron chi connectivity index (χ2n) is 3.54. The van der Waals surface area contributed by atoms with E-state index in [2.05, 4.69) is 53.3 Å². The molecule has 1 aromatic rings. The van der Waals surface area contributed by atoms with E-state index in [9.17, 15) is 0 Å². The third-order valence-electron chi connectivity index (χ3n) is 2.30. The minimum absolute atomic E-state index is 0.629. The smallest absolute Gasteiger partial charge is 0.0311 e. The number of hydrogen-bond acceptors (Lipinski definition) is 2. The summed E-state index contributed by atoms with van der Waals surface area (Å²) in [7, 11) is 0. The highest BCUT2D eigenvalue weighted by Crippen LogP contribution is 2.26. The number of hydrogen-bond donors (Lipinski definition) is 1. The Morgan fingerprint density at radius 3 is 2.80 bits per heavy atom. The molecule has 84 valence electrons. The molecule has 1 aromatic carbocycles. The second kappa shape index (κ2) is 7.31. The molecule has 1 atom stereocenters. The zero-order chi connectivity index (χ0) is 11.1. The Bertz CT molecular complexity index is 291. The maximum absolute atomic E-state index is 3.55. The van der Waals surface area contributed by atoms with Gasteiger partial charge in [-0.25, -0.2) is 0 Å².